The number of benzene rings is 2. The van der Waals surface area contributed by atoms with Gasteiger partial charge in [0.25, 0.3) is 0 Å². The van der Waals surface area contributed by atoms with Crippen LogP contribution in [-0.4, -0.2) is 34.8 Å². The molecule has 4 N–H and O–H groups in total. The van der Waals surface area contributed by atoms with E-state index in [0.29, 0.717) is 11.1 Å². The Kier molecular flexibility index (Phi) is 7.57. The standard InChI is InChI=1S/C26H32NO4/c1-16(13-19-9-6-5-7-10-19)25(29)22-17(2)27-18(3)23(26(30)31-4)24(22)21-12-8-11-20(14-21)15-28/h5-12,14-16,24-30H,13H2,1-4H3/q-1. The lowest BCUT2D eigenvalue weighted by Crippen LogP contribution is -2.37. The number of nitrogens with one attached hydrogen (secondary N) is 1. The fourth-order valence-electron chi connectivity index (χ4n) is 4.46. The molecule has 0 saturated heterocycles. The molecule has 5 heteroatoms. The summed E-state index contributed by atoms with van der Waals surface area (Å²) in [5, 5.41) is 35.0. The molecule has 0 radical (unpaired) electrons. The second-order valence-electron chi connectivity index (χ2n) is 8.22. The van der Waals surface area contributed by atoms with Crippen LogP contribution in [0.2, 0.25) is 0 Å². The minimum absolute atomic E-state index is 0.0522. The molecule has 31 heavy (non-hydrogen) atoms. The van der Waals surface area contributed by atoms with Crippen LogP contribution in [0, 0.1) is 12.5 Å². The van der Waals surface area contributed by atoms with Gasteiger partial charge in [-0.2, -0.15) is 17.7 Å². The molecule has 5 nitrogen and oxygen atoms in total. The van der Waals surface area contributed by atoms with Gasteiger partial charge in [0, 0.05) is 30.0 Å². The number of hydrogen-bond acceptors (Lipinski definition) is 5. The number of allylic oxidation sites excluding steroid dienone is 2. The van der Waals surface area contributed by atoms with Crippen LogP contribution in [0.3, 0.4) is 0 Å². The van der Waals surface area contributed by atoms with Gasteiger partial charge in [-0.15, -0.1) is 6.07 Å². The normalized spacial score (nSPS) is 19.6. The lowest BCUT2D eigenvalue weighted by Gasteiger charge is -2.39. The van der Waals surface area contributed by atoms with Gasteiger partial charge in [0.2, 0.25) is 0 Å². The summed E-state index contributed by atoms with van der Waals surface area (Å²) in [6.07, 6.45) is -1.15. The molecule has 1 aliphatic heterocycles. The second-order valence-corrected chi connectivity index (χ2v) is 8.22. The number of rotatable bonds is 8. The van der Waals surface area contributed by atoms with Crippen LogP contribution in [0.5, 0.6) is 0 Å². The van der Waals surface area contributed by atoms with E-state index in [9.17, 15) is 15.3 Å². The zero-order chi connectivity index (χ0) is 22.5. The molecule has 1 heterocycles. The number of dihydropyridines is 1. The molecular weight excluding hydrogens is 390 g/mol. The Balaban J connectivity index is 2.05. The molecule has 4 atom stereocenters. The van der Waals surface area contributed by atoms with E-state index in [1.807, 2.05) is 57.2 Å². The smallest absolute Gasteiger partial charge is 0.179 e. The van der Waals surface area contributed by atoms with E-state index < -0.39 is 12.4 Å². The number of methoxy groups -OCH3 is 1. The van der Waals surface area contributed by atoms with Crippen molar-refractivity contribution in [3.05, 3.63) is 100 Å². The first-order valence-electron chi connectivity index (χ1n) is 10.6. The average molecular weight is 423 g/mol. The fourth-order valence-corrected chi connectivity index (χ4v) is 4.46. The molecule has 4 unspecified atom stereocenters. The number of aliphatic hydroxyl groups excluding tert-OH is 3. The van der Waals surface area contributed by atoms with Crippen LogP contribution in [0.15, 0.2) is 77.1 Å². The maximum atomic E-state index is 11.5. The van der Waals surface area contributed by atoms with Crippen LogP contribution >= 0.6 is 0 Å². The molecule has 0 fully saturated rings. The maximum Gasteiger partial charge on any atom is 0.179 e. The van der Waals surface area contributed by atoms with E-state index in [1.165, 1.54) is 7.11 Å². The molecule has 2 aromatic rings. The Morgan fingerprint density at radius 1 is 1.00 bits per heavy atom. The third kappa shape index (κ3) is 5.02. The molecule has 0 spiro atoms. The van der Waals surface area contributed by atoms with Crippen molar-refractivity contribution in [3.63, 3.8) is 0 Å². The van der Waals surface area contributed by atoms with E-state index in [1.54, 1.807) is 6.07 Å². The Bertz CT molecular complexity index is 951. The third-order valence-corrected chi connectivity index (χ3v) is 6.00. The van der Waals surface area contributed by atoms with Gasteiger partial charge < -0.3 is 25.4 Å². The SMILES string of the molecule is COC(O)C1=C(C)NC(C)=C(C(O)C(C)Cc2ccccc2)C1c1cccc([CH-]O)c1. The topological polar surface area (TPSA) is 82.0 Å². The van der Waals surface area contributed by atoms with Crippen molar-refractivity contribution in [3.8, 4) is 0 Å². The van der Waals surface area contributed by atoms with E-state index in [-0.39, 0.29) is 11.8 Å². The van der Waals surface area contributed by atoms with Crippen LogP contribution in [-0.2, 0) is 11.2 Å². The summed E-state index contributed by atoms with van der Waals surface area (Å²) >= 11 is 0. The molecule has 1 aliphatic rings. The maximum absolute atomic E-state index is 11.5. The van der Waals surface area contributed by atoms with Crippen LogP contribution in [0.4, 0.5) is 0 Å². The van der Waals surface area contributed by atoms with Crippen molar-refractivity contribution in [2.45, 2.75) is 45.5 Å². The Morgan fingerprint density at radius 3 is 2.32 bits per heavy atom. The Morgan fingerprint density at radius 2 is 1.68 bits per heavy atom. The van der Waals surface area contributed by atoms with Gasteiger partial charge >= 0.3 is 0 Å². The highest BCUT2D eigenvalue weighted by Gasteiger charge is 2.36. The molecule has 0 amide bonds. The first-order valence-corrected chi connectivity index (χ1v) is 10.6. The fraction of sp³-hybridized carbons (Fsp3) is 0.346. The zero-order valence-electron chi connectivity index (χ0n) is 18.5. The van der Waals surface area contributed by atoms with Crippen molar-refractivity contribution < 1.29 is 20.1 Å². The summed E-state index contributed by atoms with van der Waals surface area (Å²) in [6, 6.07) is 17.6. The summed E-state index contributed by atoms with van der Waals surface area (Å²) in [4.78, 5) is 0. The van der Waals surface area contributed by atoms with Gasteiger partial charge in [-0.05, 0) is 37.3 Å². The molecule has 2 aromatic carbocycles. The molecule has 0 aromatic heterocycles. The number of ether oxygens (including phenoxy) is 1. The largest absolute Gasteiger partial charge is 0.429 e. The van der Waals surface area contributed by atoms with E-state index in [4.69, 9.17) is 4.74 Å². The van der Waals surface area contributed by atoms with E-state index >= 15 is 0 Å². The predicted molar refractivity (Wildman–Crippen MR) is 121 cm³/mol. The van der Waals surface area contributed by atoms with Crippen molar-refractivity contribution in [1.82, 2.24) is 5.32 Å². The number of aliphatic hydroxyl groups is 3. The average Bonchev–Trinajstić information content (AvgIpc) is 2.78. The highest BCUT2D eigenvalue weighted by atomic mass is 16.6. The molecule has 0 aliphatic carbocycles. The Hall–Kier alpha value is -2.57. The minimum atomic E-state index is -1.13. The quantitative estimate of drug-likeness (QED) is 0.382. The predicted octanol–water partition coefficient (Wildman–Crippen LogP) is 4.01. The highest BCUT2D eigenvalue weighted by molar-refractivity contribution is 5.49. The summed E-state index contributed by atoms with van der Waals surface area (Å²) in [5.41, 5.74) is 5.80. The first kappa shape index (κ1) is 23.1. The van der Waals surface area contributed by atoms with Crippen LogP contribution in [0.25, 0.3) is 0 Å². The Labute approximate surface area is 184 Å². The van der Waals surface area contributed by atoms with Gasteiger partial charge in [0.15, 0.2) is 6.29 Å². The highest BCUT2D eigenvalue weighted by Crippen LogP contribution is 2.43. The first-order chi connectivity index (χ1) is 14.9. The van der Waals surface area contributed by atoms with Gasteiger partial charge in [-0.1, -0.05) is 55.5 Å². The molecule has 3 rings (SSSR count). The van der Waals surface area contributed by atoms with Gasteiger partial charge in [0.05, 0.1) is 6.10 Å². The summed E-state index contributed by atoms with van der Waals surface area (Å²) in [6.45, 7) is 6.93. The van der Waals surface area contributed by atoms with Crippen molar-refractivity contribution in [2.75, 3.05) is 7.11 Å². The molecular formula is C26H32NO4-. The van der Waals surface area contributed by atoms with E-state index in [0.717, 1.165) is 41.1 Å². The lowest BCUT2D eigenvalue weighted by molar-refractivity contribution is -0.0493. The van der Waals surface area contributed by atoms with Gasteiger partial charge in [-0.3, -0.25) is 0 Å². The summed E-state index contributed by atoms with van der Waals surface area (Å²) in [7, 11) is 1.46. The summed E-state index contributed by atoms with van der Waals surface area (Å²) in [5.74, 6) is -0.437. The zero-order valence-corrected chi connectivity index (χ0v) is 18.5. The van der Waals surface area contributed by atoms with Crippen molar-refractivity contribution in [1.29, 1.82) is 0 Å². The van der Waals surface area contributed by atoms with Gasteiger partial charge in [-0.25, -0.2) is 0 Å². The molecule has 0 saturated carbocycles. The third-order valence-electron chi connectivity index (χ3n) is 6.00. The van der Waals surface area contributed by atoms with Crippen LogP contribution in [0.1, 0.15) is 43.4 Å². The molecule has 0 bridgehead atoms. The number of hydrogen-bond donors (Lipinski definition) is 4. The van der Waals surface area contributed by atoms with Crippen molar-refractivity contribution >= 4 is 0 Å². The lowest BCUT2D eigenvalue weighted by atomic mass is 9.74. The second kappa shape index (κ2) is 10.2. The van der Waals surface area contributed by atoms with Crippen molar-refractivity contribution in [2.24, 2.45) is 5.92 Å². The van der Waals surface area contributed by atoms with E-state index in [2.05, 4.69) is 17.4 Å². The minimum Gasteiger partial charge on any atom is -0.429 e. The summed E-state index contributed by atoms with van der Waals surface area (Å²) < 4.78 is 5.28. The van der Waals surface area contributed by atoms with Crippen LogP contribution < -0.4 is 5.32 Å². The monoisotopic (exact) mass is 422 g/mol. The van der Waals surface area contributed by atoms with Gasteiger partial charge in [0.1, 0.15) is 0 Å². The molecule has 166 valence electrons.